The van der Waals surface area contributed by atoms with Gasteiger partial charge in [0.2, 0.25) is 0 Å². The van der Waals surface area contributed by atoms with E-state index in [0.717, 1.165) is 24.5 Å². The number of hydrogen-bond acceptors (Lipinski definition) is 3. The monoisotopic (exact) mass is 202 g/mol. The van der Waals surface area contributed by atoms with Gasteiger partial charge in [0.25, 0.3) is 0 Å². The molecule has 0 aromatic heterocycles. The van der Waals surface area contributed by atoms with Gasteiger partial charge < -0.3 is 9.64 Å². The minimum Gasteiger partial charge on any atom is -0.495 e. The first-order chi connectivity index (χ1) is 7.36. The standard InChI is InChI=1S/C12H14N2O/c1-15-11-6-4-5-10(9-13)12(11)14-7-2-3-8-14/h4-6H,2-3,7-8H2,1H3. The van der Waals surface area contributed by atoms with E-state index < -0.39 is 0 Å². The van der Waals surface area contributed by atoms with Gasteiger partial charge in [-0.2, -0.15) is 5.26 Å². The van der Waals surface area contributed by atoms with Crippen LogP contribution in [0, 0.1) is 11.3 Å². The van der Waals surface area contributed by atoms with Crippen molar-refractivity contribution in [3.63, 3.8) is 0 Å². The second-order valence-corrected chi connectivity index (χ2v) is 3.66. The van der Waals surface area contributed by atoms with Gasteiger partial charge in [-0.05, 0) is 25.0 Å². The Bertz CT molecular complexity index is 389. The highest BCUT2D eigenvalue weighted by Gasteiger charge is 2.19. The van der Waals surface area contributed by atoms with Gasteiger partial charge >= 0.3 is 0 Å². The van der Waals surface area contributed by atoms with Crippen molar-refractivity contribution in [3.05, 3.63) is 23.8 Å². The fourth-order valence-electron chi connectivity index (χ4n) is 2.04. The number of nitrogens with zero attached hydrogens (tertiary/aromatic N) is 2. The average molecular weight is 202 g/mol. The van der Waals surface area contributed by atoms with E-state index in [4.69, 9.17) is 10.00 Å². The number of anilines is 1. The molecule has 0 unspecified atom stereocenters. The highest BCUT2D eigenvalue weighted by atomic mass is 16.5. The van der Waals surface area contributed by atoms with E-state index >= 15 is 0 Å². The number of benzene rings is 1. The molecular weight excluding hydrogens is 188 g/mol. The Morgan fingerprint density at radius 2 is 2.07 bits per heavy atom. The van der Waals surface area contributed by atoms with Crippen LogP contribution in [0.5, 0.6) is 5.75 Å². The average Bonchev–Trinajstić information content (AvgIpc) is 2.81. The normalized spacial score (nSPS) is 15.1. The summed E-state index contributed by atoms with van der Waals surface area (Å²) < 4.78 is 5.31. The Kier molecular flexibility index (Phi) is 2.77. The van der Waals surface area contributed by atoms with Crippen LogP contribution >= 0.6 is 0 Å². The second-order valence-electron chi connectivity index (χ2n) is 3.66. The van der Waals surface area contributed by atoms with Crippen molar-refractivity contribution < 1.29 is 4.74 Å². The van der Waals surface area contributed by atoms with Crippen LogP contribution < -0.4 is 9.64 Å². The molecule has 0 saturated carbocycles. The van der Waals surface area contributed by atoms with E-state index in [-0.39, 0.29) is 0 Å². The molecule has 1 aliphatic rings. The molecule has 1 fully saturated rings. The van der Waals surface area contributed by atoms with Gasteiger partial charge in [-0.15, -0.1) is 0 Å². The number of nitriles is 1. The third-order valence-corrected chi connectivity index (χ3v) is 2.76. The number of methoxy groups -OCH3 is 1. The number of para-hydroxylation sites is 1. The van der Waals surface area contributed by atoms with Crippen LogP contribution in [0.3, 0.4) is 0 Å². The Hall–Kier alpha value is -1.69. The summed E-state index contributed by atoms with van der Waals surface area (Å²) in [5.41, 5.74) is 1.66. The SMILES string of the molecule is COc1cccc(C#N)c1N1CCCC1. The molecule has 0 aliphatic carbocycles. The van der Waals surface area contributed by atoms with Crippen molar-refractivity contribution in [2.45, 2.75) is 12.8 Å². The molecular formula is C12H14N2O. The van der Waals surface area contributed by atoms with Crippen LogP contribution in [0.4, 0.5) is 5.69 Å². The van der Waals surface area contributed by atoms with Gasteiger partial charge in [-0.25, -0.2) is 0 Å². The molecule has 1 heterocycles. The predicted molar refractivity (Wildman–Crippen MR) is 59.2 cm³/mol. The molecule has 2 rings (SSSR count). The minimum atomic E-state index is 0.705. The summed E-state index contributed by atoms with van der Waals surface area (Å²) in [6.07, 6.45) is 2.39. The Morgan fingerprint density at radius 3 is 2.67 bits per heavy atom. The molecule has 0 radical (unpaired) electrons. The highest BCUT2D eigenvalue weighted by Crippen LogP contribution is 2.33. The summed E-state index contributed by atoms with van der Waals surface area (Å²) >= 11 is 0. The van der Waals surface area contributed by atoms with E-state index in [1.165, 1.54) is 12.8 Å². The molecule has 3 nitrogen and oxygen atoms in total. The predicted octanol–water partition coefficient (Wildman–Crippen LogP) is 2.17. The number of hydrogen-bond donors (Lipinski definition) is 0. The van der Waals surface area contributed by atoms with Gasteiger partial charge in [0.15, 0.2) is 0 Å². The fraction of sp³-hybridized carbons (Fsp3) is 0.417. The summed E-state index contributed by atoms with van der Waals surface area (Å²) in [7, 11) is 1.65. The van der Waals surface area contributed by atoms with E-state index in [2.05, 4.69) is 11.0 Å². The summed E-state index contributed by atoms with van der Waals surface area (Å²) in [5.74, 6) is 0.802. The maximum atomic E-state index is 9.07. The van der Waals surface area contributed by atoms with Crippen molar-refractivity contribution >= 4 is 5.69 Å². The quantitative estimate of drug-likeness (QED) is 0.737. The molecule has 78 valence electrons. The van der Waals surface area contributed by atoms with Crippen molar-refractivity contribution in [1.82, 2.24) is 0 Å². The summed E-state index contributed by atoms with van der Waals surface area (Å²) in [5, 5.41) is 9.07. The lowest BCUT2D eigenvalue weighted by Crippen LogP contribution is -2.19. The van der Waals surface area contributed by atoms with Crippen LogP contribution in [0.25, 0.3) is 0 Å². The Morgan fingerprint density at radius 1 is 1.33 bits per heavy atom. The smallest absolute Gasteiger partial charge is 0.143 e. The molecule has 1 aromatic carbocycles. The zero-order valence-electron chi connectivity index (χ0n) is 8.86. The van der Waals surface area contributed by atoms with E-state index in [1.54, 1.807) is 7.11 Å². The van der Waals surface area contributed by atoms with E-state index in [0.29, 0.717) is 5.56 Å². The zero-order chi connectivity index (χ0) is 10.7. The van der Waals surface area contributed by atoms with Crippen molar-refractivity contribution in [2.24, 2.45) is 0 Å². The van der Waals surface area contributed by atoms with Crippen LogP contribution in [0.2, 0.25) is 0 Å². The van der Waals surface area contributed by atoms with E-state index in [9.17, 15) is 0 Å². The lowest BCUT2D eigenvalue weighted by atomic mass is 10.1. The van der Waals surface area contributed by atoms with Crippen molar-refractivity contribution in [1.29, 1.82) is 5.26 Å². The number of rotatable bonds is 2. The molecule has 0 N–H and O–H groups in total. The first kappa shape index (κ1) is 9.85. The Labute approximate surface area is 89.9 Å². The molecule has 0 bridgehead atoms. The van der Waals surface area contributed by atoms with E-state index in [1.807, 2.05) is 18.2 Å². The van der Waals surface area contributed by atoms with Crippen LogP contribution in [-0.4, -0.2) is 20.2 Å². The lowest BCUT2D eigenvalue weighted by molar-refractivity contribution is 0.415. The Balaban J connectivity index is 2.45. The highest BCUT2D eigenvalue weighted by molar-refractivity contribution is 5.68. The van der Waals surface area contributed by atoms with Gasteiger partial charge in [0, 0.05) is 13.1 Å². The molecule has 1 aliphatic heterocycles. The molecule has 0 atom stereocenters. The summed E-state index contributed by atoms with van der Waals surface area (Å²) in [6.45, 7) is 2.05. The lowest BCUT2D eigenvalue weighted by Gasteiger charge is -2.21. The van der Waals surface area contributed by atoms with Crippen LogP contribution in [0.15, 0.2) is 18.2 Å². The zero-order valence-corrected chi connectivity index (χ0v) is 8.86. The second kappa shape index (κ2) is 4.22. The van der Waals surface area contributed by atoms with Gasteiger partial charge in [-0.3, -0.25) is 0 Å². The first-order valence-corrected chi connectivity index (χ1v) is 5.19. The van der Waals surface area contributed by atoms with Crippen molar-refractivity contribution in [2.75, 3.05) is 25.1 Å². The summed E-state index contributed by atoms with van der Waals surface area (Å²) in [6, 6.07) is 7.84. The maximum absolute atomic E-state index is 9.07. The van der Waals surface area contributed by atoms with Gasteiger partial charge in [0.05, 0.1) is 18.4 Å². The fourth-order valence-corrected chi connectivity index (χ4v) is 2.04. The van der Waals surface area contributed by atoms with Gasteiger partial charge in [0.1, 0.15) is 11.8 Å². The first-order valence-electron chi connectivity index (χ1n) is 5.19. The molecule has 15 heavy (non-hydrogen) atoms. The molecule has 1 saturated heterocycles. The third kappa shape index (κ3) is 1.75. The topological polar surface area (TPSA) is 36.3 Å². The summed E-state index contributed by atoms with van der Waals surface area (Å²) in [4.78, 5) is 2.23. The van der Waals surface area contributed by atoms with Crippen LogP contribution in [-0.2, 0) is 0 Å². The molecule has 0 spiro atoms. The maximum Gasteiger partial charge on any atom is 0.143 e. The van der Waals surface area contributed by atoms with Crippen LogP contribution in [0.1, 0.15) is 18.4 Å². The molecule has 1 aromatic rings. The molecule has 3 heteroatoms. The number of ether oxygens (including phenoxy) is 1. The minimum absolute atomic E-state index is 0.705. The van der Waals surface area contributed by atoms with Crippen molar-refractivity contribution in [3.8, 4) is 11.8 Å². The molecule has 0 amide bonds. The third-order valence-electron chi connectivity index (χ3n) is 2.76. The van der Waals surface area contributed by atoms with Gasteiger partial charge in [-0.1, -0.05) is 6.07 Å². The largest absolute Gasteiger partial charge is 0.495 e.